The maximum atomic E-state index is 13.6. The summed E-state index contributed by atoms with van der Waals surface area (Å²) in [5.74, 6) is 0.225. The van der Waals surface area contributed by atoms with Crippen LogP contribution in [0.1, 0.15) is 24.7 Å². The highest BCUT2D eigenvalue weighted by Crippen LogP contribution is 2.17. The average Bonchev–Trinajstić information content (AvgIpc) is 2.88. The second kappa shape index (κ2) is 7.21. The van der Waals surface area contributed by atoms with Crippen LogP contribution in [-0.2, 0) is 11.2 Å². The molecule has 2 aromatic rings. The van der Waals surface area contributed by atoms with Gasteiger partial charge in [-0.3, -0.25) is 9.89 Å². The first-order valence-electron chi connectivity index (χ1n) is 6.68. The number of halogens is 1. The Balaban J connectivity index is 1.86. The van der Waals surface area contributed by atoms with Crippen LogP contribution in [0.15, 0.2) is 23.4 Å². The van der Waals surface area contributed by atoms with E-state index in [0.717, 1.165) is 24.2 Å². The third kappa shape index (κ3) is 4.56. The van der Waals surface area contributed by atoms with Gasteiger partial charge in [0.15, 0.2) is 0 Å². The lowest BCUT2D eigenvalue weighted by Gasteiger charge is -2.06. The number of anilines is 1. The minimum atomic E-state index is -0.434. The van der Waals surface area contributed by atoms with E-state index in [1.807, 2.05) is 0 Å². The fourth-order valence-corrected chi connectivity index (χ4v) is 2.35. The van der Waals surface area contributed by atoms with E-state index in [1.54, 1.807) is 19.1 Å². The third-order valence-corrected chi connectivity index (χ3v) is 3.58. The standard InChI is InChI=1S/C14H17FN4OS/c1-3-4-12-17-14(19-18-12)21-8-13(20)16-11-6-5-9(2)7-10(11)15/h5-7H,3-4,8H2,1-2H3,(H,16,20)(H,17,18,19). The monoisotopic (exact) mass is 308 g/mol. The first-order chi connectivity index (χ1) is 10.1. The van der Waals surface area contributed by atoms with E-state index in [9.17, 15) is 9.18 Å². The number of benzene rings is 1. The number of carbonyl (C=O) groups excluding carboxylic acids is 1. The zero-order chi connectivity index (χ0) is 15.2. The minimum absolute atomic E-state index is 0.136. The molecule has 0 radical (unpaired) electrons. The number of nitrogens with zero attached hydrogens (tertiary/aromatic N) is 2. The number of rotatable bonds is 6. The van der Waals surface area contributed by atoms with E-state index in [-0.39, 0.29) is 17.3 Å². The van der Waals surface area contributed by atoms with Crippen molar-refractivity contribution in [1.29, 1.82) is 0 Å². The van der Waals surface area contributed by atoms with E-state index in [2.05, 4.69) is 27.4 Å². The van der Waals surface area contributed by atoms with Gasteiger partial charge >= 0.3 is 0 Å². The van der Waals surface area contributed by atoms with Crippen molar-refractivity contribution in [3.63, 3.8) is 0 Å². The van der Waals surface area contributed by atoms with Crippen molar-refractivity contribution < 1.29 is 9.18 Å². The first kappa shape index (κ1) is 15.5. The van der Waals surface area contributed by atoms with Gasteiger partial charge in [0.2, 0.25) is 11.1 Å². The molecular weight excluding hydrogens is 291 g/mol. The summed E-state index contributed by atoms with van der Waals surface area (Å²) in [6.45, 7) is 3.85. The second-order valence-corrected chi connectivity index (χ2v) is 5.58. The van der Waals surface area contributed by atoms with Gasteiger partial charge in [-0.25, -0.2) is 9.37 Å². The molecule has 0 saturated heterocycles. The summed E-state index contributed by atoms with van der Waals surface area (Å²) < 4.78 is 13.6. The van der Waals surface area contributed by atoms with Gasteiger partial charge in [0.1, 0.15) is 11.6 Å². The lowest BCUT2D eigenvalue weighted by atomic mass is 10.2. The van der Waals surface area contributed by atoms with E-state index in [0.29, 0.717) is 5.16 Å². The number of nitrogens with one attached hydrogen (secondary N) is 2. The number of hydrogen-bond donors (Lipinski definition) is 2. The number of hydrogen-bond acceptors (Lipinski definition) is 4. The summed E-state index contributed by atoms with van der Waals surface area (Å²) in [7, 11) is 0. The number of H-pyrrole nitrogens is 1. The summed E-state index contributed by atoms with van der Waals surface area (Å²) in [6.07, 6.45) is 1.81. The molecule has 21 heavy (non-hydrogen) atoms. The van der Waals surface area contributed by atoms with Gasteiger partial charge in [0.25, 0.3) is 0 Å². The lowest BCUT2D eigenvalue weighted by molar-refractivity contribution is -0.113. The molecule has 0 unspecified atom stereocenters. The van der Waals surface area contributed by atoms with Crippen LogP contribution >= 0.6 is 11.8 Å². The molecule has 0 aliphatic carbocycles. The molecule has 2 rings (SSSR count). The normalized spacial score (nSPS) is 10.6. The zero-order valence-electron chi connectivity index (χ0n) is 11.9. The van der Waals surface area contributed by atoms with Gasteiger partial charge < -0.3 is 5.32 Å². The van der Waals surface area contributed by atoms with Crippen LogP contribution in [-0.4, -0.2) is 26.8 Å². The Morgan fingerprint density at radius 1 is 1.48 bits per heavy atom. The van der Waals surface area contributed by atoms with Gasteiger partial charge in [-0.1, -0.05) is 24.8 Å². The van der Waals surface area contributed by atoms with Gasteiger partial charge in [-0.05, 0) is 31.0 Å². The molecule has 0 aliphatic rings. The molecule has 5 nitrogen and oxygen atoms in total. The fourth-order valence-electron chi connectivity index (χ4n) is 1.73. The van der Waals surface area contributed by atoms with E-state index < -0.39 is 5.82 Å². The predicted molar refractivity (Wildman–Crippen MR) is 80.9 cm³/mol. The van der Waals surface area contributed by atoms with Crippen LogP contribution in [0.25, 0.3) is 0 Å². The molecule has 0 saturated carbocycles. The summed E-state index contributed by atoms with van der Waals surface area (Å²) in [5.41, 5.74) is 0.997. The number of aromatic amines is 1. The number of carbonyl (C=O) groups is 1. The molecule has 1 heterocycles. The van der Waals surface area contributed by atoms with Crippen LogP contribution in [0.4, 0.5) is 10.1 Å². The van der Waals surface area contributed by atoms with Gasteiger partial charge in [-0.15, -0.1) is 5.10 Å². The van der Waals surface area contributed by atoms with Crippen LogP contribution in [0, 0.1) is 12.7 Å². The number of amides is 1. The first-order valence-corrected chi connectivity index (χ1v) is 7.67. The van der Waals surface area contributed by atoms with Crippen LogP contribution in [0.3, 0.4) is 0 Å². The Morgan fingerprint density at radius 3 is 3.00 bits per heavy atom. The maximum Gasteiger partial charge on any atom is 0.234 e. The Hall–Kier alpha value is -1.89. The van der Waals surface area contributed by atoms with Crippen LogP contribution in [0.2, 0.25) is 0 Å². The summed E-state index contributed by atoms with van der Waals surface area (Å²) in [6, 6.07) is 4.69. The molecule has 112 valence electrons. The van der Waals surface area contributed by atoms with Crippen molar-refractivity contribution in [1.82, 2.24) is 15.2 Å². The van der Waals surface area contributed by atoms with Crippen molar-refractivity contribution in [2.75, 3.05) is 11.1 Å². The van der Waals surface area contributed by atoms with E-state index >= 15 is 0 Å². The van der Waals surface area contributed by atoms with Crippen molar-refractivity contribution in [3.05, 3.63) is 35.4 Å². The molecule has 1 aromatic carbocycles. The van der Waals surface area contributed by atoms with Crippen molar-refractivity contribution in [2.24, 2.45) is 0 Å². The quantitative estimate of drug-likeness (QED) is 0.805. The van der Waals surface area contributed by atoms with Crippen LogP contribution < -0.4 is 5.32 Å². The Kier molecular flexibility index (Phi) is 5.32. The molecule has 0 spiro atoms. The molecule has 1 aromatic heterocycles. The maximum absolute atomic E-state index is 13.6. The molecule has 0 atom stereocenters. The Morgan fingerprint density at radius 2 is 2.29 bits per heavy atom. The summed E-state index contributed by atoms with van der Waals surface area (Å²) in [4.78, 5) is 16.0. The van der Waals surface area contributed by atoms with Crippen molar-refractivity contribution in [2.45, 2.75) is 31.8 Å². The molecule has 0 fully saturated rings. The fraction of sp³-hybridized carbons (Fsp3) is 0.357. The highest BCUT2D eigenvalue weighted by molar-refractivity contribution is 7.99. The highest BCUT2D eigenvalue weighted by Gasteiger charge is 2.10. The van der Waals surface area contributed by atoms with Gasteiger partial charge in [-0.2, -0.15) is 0 Å². The van der Waals surface area contributed by atoms with Crippen molar-refractivity contribution >= 4 is 23.4 Å². The zero-order valence-corrected chi connectivity index (χ0v) is 12.8. The summed E-state index contributed by atoms with van der Waals surface area (Å²) >= 11 is 1.22. The van der Waals surface area contributed by atoms with Crippen LogP contribution in [0.5, 0.6) is 0 Å². The van der Waals surface area contributed by atoms with Gasteiger partial charge in [0, 0.05) is 6.42 Å². The Labute approximate surface area is 126 Å². The molecule has 0 bridgehead atoms. The number of aromatic nitrogens is 3. The molecule has 1 amide bonds. The van der Waals surface area contributed by atoms with Crippen molar-refractivity contribution in [3.8, 4) is 0 Å². The van der Waals surface area contributed by atoms with Gasteiger partial charge in [0.05, 0.1) is 11.4 Å². The number of thioether (sulfide) groups is 1. The largest absolute Gasteiger partial charge is 0.323 e. The lowest BCUT2D eigenvalue weighted by Crippen LogP contribution is -2.15. The molecule has 2 N–H and O–H groups in total. The third-order valence-electron chi connectivity index (χ3n) is 2.73. The SMILES string of the molecule is CCCc1nc(SCC(=O)Nc2ccc(C)cc2F)n[nH]1. The predicted octanol–water partition coefficient (Wildman–Crippen LogP) is 2.94. The molecular formula is C14H17FN4OS. The van der Waals surface area contributed by atoms with E-state index in [4.69, 9.17) is 0 Å². The smallest absolute Gasteiger partial charge is 0.234 e. The number of aryl methyl sites for hydroxylation is 2. The Bertz CT molecular complexity index is 629. The minimum Gasteiger partial charge on any atom is -0.323 e. The topological polar surface area (TPSA) is 70.7 Å². The highest BCUT2D eigenvalue weighted by atomic mass is 32.2. The average molecular weight is 308 g/mol. The molecule has 0 aliphatic heterocycles. The summed E-state index contributed by atoms with van der Waals surface area (Å²) in [5, 5.41) is 9.90. The second-order valence-electron chi connectivity index (χ2n) is 4.63. The molecule has 7 heteroatoms. The van der Waals surface area contributed by atoms with E-state index in [1.165, 1.54) is 17.8 Å².